The van der Waals surface area contributed by atoms with E-state index in [4.69, 9.17) is 10.8 Å². The number of aromatic nitrogens is 1. The molecule has 1 aromatic heterocycles. The van der Waals surface area contributed by atoms with Crippen LogP contribution in [-0.4, -0.2) is 15.0 Å². The summed E-state index contributed by atoms with van der Waals surface area (Å²) in [5, 5.41) is 19.1. The molecule has 0 aliphatic carbocycles. The first-order valence-electron chi connectivity index (χ1n) is 3.80. The molecule has 82 valence electrons. The van der Waals surface area contributed by atoms with Gasteiger partial charge in [-0.25, -0.2) is 13.8 Å². The minimum absolute atomic E-state index is 0.0499. The summed E-state index contributed by atoms with van der Waals surface area (Å²) in [6.45, 7) is -0.594. The molecule has 0 aliphatic heterocycles. The summed E-state index contributed by atoms with van der Waals surface area (Å²) in [5.74, 6) is -0.335. The van der Waals surface area contributed by atoms with Gasteiger partial charge in [-0.1, -0.05) is 0 Å². The van der Waals surface area contributed by atoms with Gasteiger partial charge >= 0.3 is 0 Å². The molecule has 1 rings (SSSR count). The molecule has 0 bridgehead atoms. The number of pyridine rings is 1. The van der Waals surface area contributed by atoms with E-state index in [2.05, 4.69) is 4.98 Å². The van der Waals surface area contributed by atoms with Crippen LogP contribution in [0.2, 0.25) is 0 Å². The second-order valence-electron chi connectivity index (χ2n) is 2.65. The van der Waals surface area contributed by atoms with E-state index in [1.165, 1.54) is 0 Å². The molecule has 8 heteroatoms. The minimum atomic E-state index is -3.08. The van der Waals surface area contributed by atoms with Gasteiger partial charge in [0.25, 0.3) is 12.1 Å². The molecule has 3 N–H and O–H groups in total. The molecule has 0 fully saturated rings. The number of nitrogens with zero attached hydrogens (tertiary/aromatic N) is 2. The Morgan fingerprint density at radius 1 is 1.67 bits per heavy atom. The monoisotopic (exact) mass is 219 g/mol. The zero-order chi connectivity index (χ0) is 11.6. The van der Waals surface area contributed by atoms with E-state index in [1.807, 2.05) is 0 Å². The molecule has 0 atom stereocenters. The Bertz CT molecular complexity index is 397. The third-order valence-corrected chi connectivity index (χ3v) is 1.72. The lowest BCUT2D eigenvalue weighted by Gasteiger charge is -2.05. The van der Waals surface area contributed by atoms with E-state index >= 15 is 0 Å². The Kier molecular flexibility index (Phi) is 3.10. The fourth-order valence-electron chi connectivity index (χ4n) is 1.01. The molecule has 1 aromatic rings. The standard InChI is InChI=1S/C7H7F2N3O3/c8-6(9)5-4(12(14)15)1-3(2-13)7(10)11-5/h1,6,13H,2H2,(H2,10,11). The van der Waals surface area contributed by atoms with Crippen molar-refractivity contribution in [2.45, 2.75) is 13.0 Å². The lowest BCUT2D eigenvalue weighted by molar-refractivity contribution is -0.386. The first-order valence-corrected chi connectivity index (χ1v) is 3.80. The van der Waals surface area contributed by atoms with Crippen LogP contribution in [-0.2, 0) is 6.61 Å². The van der Waals surface area contributed by atoms with Gasteiger partial charge in [0, 0.05) is 11.6 Å². The number of nitrogen functional groups attached to an aromatic ring is 1. The van der Waals surface area contributed by atoms with Gasteiger partial charge in [0.1, 0.15) is 5.82 Å². The lowest BCUT2D eigenvalue weighted by Crippen LogP contribution is -2.06. The van der Waals surface area contributed by atoms with Gasteiger partial charge in [-0.05, 0) is 0 Å². The summed E-state index contributed by atoms with van der Waals surface area (Å²) in [6, 6.07) is 0.795. The molecule has 0 saturated heterocycles. The van der Waals surface area contributed by atoms with Crippen molar-refractivity contribution in [2.75, 3.05) is 5.73 Å². The summed E-state index contributed by atoms with van der Waals surface area (Å²) in [5.41, 5.74) is 3.33. The fourth-order valence-corrected chi connectivity index (χ4v) is 1.01. The second-order valence-corrected chi connectivity index (χ2v) is 2.65. The fraction of sp³-hybridized carbons (Fsp3) is 0.286. The number of rotatable bonds is 3. The first-order chi connectivity index (χ1) is 6.97. The van der Waals surface area contributed by atoms with Crippen LogP contribution >= 0.6 is 0 Å². The Hall–Kier alpha value is -1.83. The number of aliphatic hydroxyl groups is 1. The van der Waals surface area contributed by atoms with Crippen LogP contribution in [0.1, 0.15) is 17.7 Å². The third-order valence-electron chi connectivity index (χ3n) is 1.72. The van der Waals surface area contributed by atoms with Crippen molar-refractivity contribution in [3.8, 4) is 0 Å². The summed E-state index contributed by atoms with van der Waals surface area (Å²) < 4.78 is 24.6. The Labute approximate surface area is 82.5 Å². The largest absolute Gasteiger partial charge is 0.392 e. The number of alkyl halides is 2. The van der Waals surface area contributed by atoms with E-state index in [0.717, 1.165) is 6.07 Å². The molecule has 0 aliphatic rings. The van der Waals surface area contributed by atoms with Crippen LogP contribution in [0.25, 0.3) is 0 Å². The van der Waals surface area contributed by atoms with E-state index in [1.54, 1.807) is 0 Å². The quantitative estimate of drug-likeness (QED) is 0.583. The van der Waals surface area contributed by atoms with Crippen molar-refractivity contribution in [3.05, 3.63) is 27.4 Å². The predicted octanol–water partition coefficient (Wildman–Crippen LogP) is 1.00. The predicted molar refractivity (Wildman–Crippen MR) is 46.2 cm³/mol. The van der Waals surface area contributed by atoms with Crippen LogP contribution in [0.4, 0.5) is 20.3 Å². The number of hydrogen-bond donors (Lipinski definition) is 2. The van der Waals surface area contributed by atoms with Crippen LogP contribution in [0.15, 0.2) is 6.07 Å². The highest BCUT2D eigenvalue weighted by Crippen LogP contribution is 2.29. The number of nitro groups is 1. The van der Waals surface area contributed by atoms with Gasteiger partial charge in [0.15, 0.2) is 5.69 Å². The molecule has 0 radical (unpaired) electrons. The molecule has 0 saturated carbocycles. The van der Waals surface area contributed by atoms with Crippen LogP contribution < -0.4 is 5.73 Å². The van der Waals surface area contributed by atoms with Gasteiger partial charge in [-0.3, -0.25) is 10.1 Å². The zero-order valence-corrected chi connectivity index (χ0v) is 7.35. The molecule has 0 unspecified atom stereocenters. The maximum Gasteiger partial charge on any atom is 0.297 e. The third kappa shape index (κ3) is 2.15. The van der Waals surface area contributed by atoms with E-state index in [9.17, 15) is 18.9 Å². The Morgan fingerprint density at radius 3 is 2.67 bits per heavy atom. The molecular weight excluding hydrogens is 212 g/mol. The number of aliphatic hydroxyl groups excluding tert-OH is 1. The minimum Gasteiger partial charge on any atom is -0.392 e. The van der Waals surface area contributed by atoms with Gasteiger partial charge in [-0.2, -0.15) is 0 Å². The van der Waals surface area contributed by atoms with E-state index in [0.29, 0.717) is 0 Å². The van der Waals surface area contributed by atoms with Gasteiger partial charge < -0.3 is 10.8 Å². The molecule has 1 heterocycles. The molecule has 15 heavy (non-hydrogen) atoms. The number of nitrogens with two attached hydrogens (primary N) is 1. The highest BCUT2D eigenvalue weighted by Gasteiger charge is 2.25. The first kappa shape index (κ1) is 11.2. The molecule has 0 aromatic carbocycles. The summed E-state index contributed by atoms with van der Waals surface area (Å²) in [6.07, 6.45) is -3.08. The Morgan fingerprint density at radius 2 is 2.27 bits per heavy atom. The number of halogens is 2. The van der Waals surface area contributed by atoms with Gasteiger partial charge in [0.2, 0.25) is 0 Å². The maximum absolute atomic E-state index is 12.3. The molecular formula is C7H7F2N3O3. The topological polar surface area (TPSA) is 102 Å². The molecule has 0 amide bonds. The van der Waals surface area contributed by atoms with Crippen LogP contribution in [0.5, 0.6) is 0 Å². The summed E-state index contributed by atoms with van der Waals surface area (Å²) in [4.78, 5) is 12.6. The van der Waals surface area contributed by atoms with Crippen molar-refractivity contribution in [1.82, 2.24) is 4.98 Å². The maximum atomic E-state index is 12.3. The average Bonchev–Trinajstić information content (AvgIpc) is 2.16. The van der Waals surface area contributed by atoms with E-state index < -0.39 is 29.3 Å². The smallest absolute Gasteiger partial charge is 0.297 e. The van der Waals surface area contributed by atoms with Crippen molar-refractivity contribution >= 4 is 11.5 Å². The van der Waals surface area contributed by atoms with Crippen molar-refractivity contribution < 1.29 is 18.8 Å². The second kappa shape index (κ2) is 4.13. The van der Waals surface area contributed by atoms with Gasteiger partial charge in [-0.15, -0.1) is 0 Å². The lowest BCUT2D eigenvalue weighted by atomic mass is 10.2. The van der Waals surface area contributed by atoms with Crippen molar-refractivity contribution in [3.63, 3.8) is 0 Å². The average molecular weight is 219 g/mol. The summed E-state index contributed by atoms with van der Waals surface area (Å²) in [7, 11) is 0. The van der Waals surface area contributed by atoms with Crippen molar-refractivity contribution in [1.29, 1.82) is 0 Å². The number of hydrogen-bond acceptors (Lipinski definition) is 5. The Balaban J connectivity index is 3.39. The molecule has 0 spiro atoms. The number of anilines is 1. The highest BCUT2D eigenvalue weighted by molar-refractivity contribution is 5.49. The SMILES string of the molecule is Nc1nc(C(F)F)c([N+](=O)[O-])cc1CO. The zero-order valence-electron chi connectivity index (χ0n) is 7.35. The van der Waals surface area contributed by atoms with Crippen LogP contribution in [0, 0.1) is 10.1 Å². The summed E-state index contributed by atoms with van der Waals surface area (Å²) >= 11 is 0. The van der Waals surface area contributed by atoms with Crippen molar-refractivity contribution in [2.24, 2.45) is 0 Å². The van der Waals surface area contributed by atoms with Crippen LogP contribution in [0.3, 0.4) is 0 Å². The molecule has 6 nitrogen and oxygen atoms in total. The highest BCUT2D eigenvalue weighted by atomic mass is 19.3. The normalized spacial score (nSPS) is 10.7. The van der Waals surface area contributed by atoms with E-state index in [-0.39, 0.29) is 11.4 Å². The van der Waals surface area contributed by atoms with Gasteiger partial charge in [0.05, 0.1) is 11.5 Å².